The normalized spacial score (nSPS) is 37.7. The van der Waals surface area contributed by atoms with Gasteiger partial charge in [0.25, 0.3) is 0 Å². The summed E-state index contributed by atoms with van der Waals surface area (Å²) in [5.41, 5.74) is -2.33. The van der Waals surface area contributed by atoms with Gasteiger partial charge in [0.1, 0.15) is 18.1 Å². The largest absolute Gasteiger partial charge is 0.463 e. The summed E-state index contributed by atoms with van der Waals surface area (Å²) in [5.74, 6) is -0.353. The molecule has 0 aromatic carbocycles. The van der Waals surface area contributed by atoms with E-state index in [9.17, 15) is 19.5 Å². The first-order chi connectivity index (χ1) is 21.5. The molecule has 0 radical (unpaired) electrons. The van der Waals surface area contributed by atoms with Gasteiger partial charge in [-0.25, -0.2) is 0 Å². The van der Waals surface area contributed by atoms with Crippen LogP contribution < -0.4 is 0 Å². The number of aliphatic hydroxyl groups is 1. The van der Waals surface area contributed by atoms with E-state index in [2.05, 4.69) is 23.8 Å². The number of nitrogens with zero attached hydrogens (tertiary/aromatic N) is 4. The Morgan fingerprint density at radius 2 is 1.74 bits per heavy atom. The van der Waals surface area contributed by atoms with Crippen molar-refractivity contribution in [2.75, 3.05) is 74.1 Å². The second-order valence-electron chi connectivity index (χ2n) is 15.4. The van der Waals surface area contributed by atoms with Crippen LogP contribution >= 0.6 is 0 Å². The van der Waals surface area contributed by atoms with Crippen molar-refractivity contribution in [2.45, 2.75) is 109 Å². The minimum atomic E-state index is -1.42. The summed E-state index contributed by atoms with van der Waals surface area (Å²) < 4.78 is 24.7. The second kappa shape index (κ2) is 15.3. The van der Waals surface area contributed by atoms with Gasteiger partial charge in [-0.15, -0.1) is 0 Å². The molecule has 0 spiro atoms. The Morgan fingerprint density at radius 3 is 2.35 bits per heavy atom. The summed E-state index contributed by atoms with van der Waals surface area (Å²) in [4.78, 5) is 48.5. The third-order valence-corrected chi connectivity index (χ3v) is 11.0. The number of ketones is 1. The van der Waals surface area contributed by atoms with Gasteiger partial charge >= 0.3 is 5.97 Å². The molecular weight excluding hydrogens is 592 g/mol. The summed E-state index contributed by atoms with van der Waals surface area (Å²) >= 11 is 0. The van der Waals surface area contributed by atoms with E-state index in [-0.39, 0.29) is 54.7 Å². The number of esters is 1. The number of hydrogen-bond acceptors (Lipinski definition) is 11. The molecule has 4 heterocycles. The fourth-order valence-electron chi connectivity index (χ4n) is 7.70. The number of cyclic esters (lactones) is 1. The van der Waals surface area contributed by atoms with Crippen molar-refractivity contribution in [1.29, 1.82) is 0 Å². The van der Waals surface area contributed by atoms with Crippen molar-refractivity contribution in [3.63, 3.8) is 0 Å². The van der Waals surface area contributed by atoms with E-state index >= 15 is 0 Å². The van der Waals surface area contributed by atoms with Crippen LogP contribution in [0.2, 0.25) is 0 Å². The number of likely N-dealkylation sites (N-methyl/N-ethyl adjacent to an activating group) is 2. The maximum Gasteiger partial charge on any atom is 0.319 e. The standard InChI is InChI=1S/C34H60N4O8/c1-22-16-34(5,43-9)28(46-31-30(41)25(35(6)7)14-23(2)45-31)15-27(39)33(3,4)32(42)44-21-26(36(8)17-22)24-18-37(19-24)20-29(40)38-12-10-11-13-38/h22-26,28,30-31,41H,10-21H2,1-9H3/t22-,23-,25+,26?,28-,30-,31+,34-/m1/s1. The zero-order chi connectivity index (χ0) is 34.0. The fraction of sp³-hybridized carbons (Fsp3) is 0.912. The van der Waals surface area contributed by atoms with Crippen LogP contribution in [0.4, 0.5) is 0 Å². The highest BCUT2D eigenvalue weighted by atomic mass is 16.7. The minimum absolute atomic E-state index is 0.0627. The molecule has 4 aliphatic heterocycles. The number of rotatable bonds is 7. The summed E-state index contributed by atoms with van der Waals surface area (Å²) in [6, 6.07) is -0.239. The molecule has 4 saturated heterocycles. The van der Waals surface area contributed by atoms with Gasteiger partial charge in [-0.05, 0) is 80.4 Å². The summed E-state index contributed by atoms with van der Waals surface area (Å²) in [6.45, 7) is 13.7. The van der Waals surface area contributed by atoms with E-state index in [4.69, 9.17) is 18.9 Å². The monoisotopic (exact) mass is 652 g/mol. The van der Waals surface area contributed by atoms with Gasteiger partial charge in [0.15, 0.2) is 12.1 Å². The van der Waals surface area contributed by atoms with Gasteiger partial charge < -0.3 is 33.9 Å². The molecule has 0 aromatic rings. The van der Waals surface area contributed by atoms with Crippen LogP contribution in [0.3, 0.4) is 0 Å². The number of likely N-dealkylation sites (tertiary alicyclic amines) is 2. The topological polar surface area (TPSA) is 121 Å². The lowest BCUT2D eigenvalue weighted by molar-refractivity contribution is -0.289. The van der Waals surface area contributed by atoms with E-state index in [1.54, 1.807) is 21.0 Å². The van der Waals surface area contributed by atoms with Crippen molar-refractivity contribution >= 4 is 17.7 Å². The number of ether oxygens (including phenoxy) is 4. The Balaban J connectivity index is 1.52. The highest BCUT2D eigenvalue weighted by Gasteiger charge is 2.48. The average molecular weight is 653 g/mol. The summed E-state index contributed by atoms with van der Waals surface area (Å²) in [7, 11) is 7.50. The molecule has 1 amide bonds. The molecule has 12 nitrogen and oxygen atoms in total. The number of methoxy groups -OCH3 is 1. The summed E-state index contributed by atoms with van der Waals surface area (Å²) in [6.07, 6.45) is 0.433. The van der Waals surface area contributed by atoms with Gasteiger partial charge in [-0.1, -0.05) is 6.92 Å². The summed E-state index contributed by atoms with van der Waals surface area (Å²) in [5, 5.41) is 11.2. The minimum Gasteiger partial charge on any atom is -0.463 e. The number of Topliss-reactive ketones (excluding diaryl/α,β-unsaturated/α-hetero) is 1. The molecule has 12 heteroatoms. The molecule has 1 N–H and O–H groups in total. The zero-order valence-electron chi connectivity index (χ0n) is 29.7. The van der Waals surface area contributed by atoms with Crippen molar-refractivity contribution in [3.8, 4) is 0 Å². The van der Waals surface area contributed by atoms with Crippen LogP contribution in [0, 0.1) is 17.3 Å². The molecule has 0 bridgehead atoms. The molecule has 1 unspecified atom stereocenters. The number of carbonyl (C=O) groups is 3. The van der Waals surface area contributed by atoms with Crippen LogP contribution in [-0.2, 0) is 33.3 Å². The predicted molar refractivity (Wildman–Crippen MR) is 173 cm³/mol. The molecule has 4 fully saturated rings. The van der Waals surface area contributed by atoms with E-state index in [1.807, 2.05) is 37.7 Å². The third-order valence-electron chi connectivity index (χ3n) is 11.0. The maximum absolute atomic E-state index is 13.9. The number of carbonyl (C=O) groups excluding carboxylic acids is 3. The third kappa shape index (κ3) is 8.48. The molecule has 8 atom stereocenters. The van der Waals surface area contributed by atoms with Crippen LogP contribution in [0.15, 0.2) is 0 Å². The molecule has 4 aliphatic rings. The fourth-order valence-corrected chi connectivity index (χ4v) is 7.70. The van der Waals surface area contributed by atoms with Gasteiger partial charge in [0.2, 0.25) is 5.91 Å². The molecule has 0 aliphatic carbocycles. The van der Waals surface area contributed by atoms with Gasteiger partial charge in [0.05, 0.1) is 24.4 Å². The lowest BCUT2D eigenvalue weighted by Gasteiger charge is -2.47. The Morgan fingerprint density at radius 1 is 1.09 bits per heavy atom. The van der Waals surface area contributed by atoms with Gasteiger partial charge in [0, 0.05) is 64.3 Å². The van der Waals surface area contributed by atoms with E-state index in [1.165, 1.54) is 0 Å². The molecular formula is C34H60N4O8. The van der Waals surface area contributed by atoms with Gasteiger partial charge in [-0.2, -0.15) is 0 Å². The quantitative estimate of drug-likeness (QED) is 0.319. The Hall–Kier alpha value is -1.67. The van der Waals surface area contributed by atoms with E-state index < -0.39 is 35.5 Å². The highest BCUT2D eigenvalue weighted by molar-refractivity contribution is 6.03. The molecule has 0 saturated carbocycles. The smallest absolute Gasteiger partial charge is 0.319 e. The number of hydrogen-bond donors (Lipinski definition) is 1. The second-order valence-corrected chi connectivity index (χ2v) is 15.4. The van der Waals surface area contributed by atoms with Crippen LogP contribution in [0.5, 0.6) is 0 Å². The highest BCUT2D eigenvalue weighted by Crippen LogP contribution is 2.36. The molecule has 0 aromatic heterocycles. The number of aliphatic hydroxyl groups excluding tert-OH is 1. The van der Waals surface area contributed by atoms with Crippen molar-refractivity contribution in [2.24, 2.45) is 17.3 Å². The SMILES string of the molecule is CO[C@]1(C)C[C@@H](C)CN(C)C(C2CN(CC(=O)N3CCCC3)C2)COC(=O)C(C)(C)C(=O)C[C@H]1O[C@@H]1O[C@H](C)C[C@H](N(C)C)[C@H]1O. The zero-order valence-corrected chi connectivity index (χ0v) is 29.7. The van der Waals surface area contributed by atoms with E-state index in [0.29, 0.717) is 25.9 Å². The number of amides is 1. The van der Waals surface area contributed by atoms with Crippen molar-refractivity contribution in [3.05, 3.63) is 0 Å². The van der Waals surface area contributed by atoms with Crippen LogP contribution in [0.1, 0.15) is 66.7 Å². The van der Waals surface area contributed by atoms with Crippen molar-refractivity contribution < 1.29 is 38.4 Å². The Labute approximate surface area is 276 Å². The Kier molecular flexibility index (Phi) is 12.3. The maximum atomic E-state index is 13.9. The van der Waals surface area contributed by atoms with E-state index in [0.717, 1.165) is 39.0 Å². The average Bonchev–Trinajstić information content (AvgIpc) is 3.51. The first kappa shape index (κ1) is 37.2. The first-order valence-electron chi connectivity index (χ1n) is 17.2. The molecule has 4 rings (SSSR count). The van der Waals surface area contributed by atoms with Gasteiger partial charge in [-0.3, -0.25) is 24.2 Å². The first-order valence-corrected chi connectivity index (χ1v) is 17.2. The lowest BCUT2D eigenvalue weighted by atomic mass is 9.79. The molecule has 264 valence electrons. The predicted octanol–water partition coefficient (Wildman–Crippen LogP) is 1.63. The lowest BCUT2D eigenvalue weighted by Crippen LogP contribution is -2.60. The van der Waals surface area contributed by atoms with Crippen molar-refractivity contribution in [1.82, 2.24) is 19.6 Å². The van der Waals surface area contributed by atoms with Crippen LogP contribution in [-0.4, -0.2) is 159 Å². The molecule has 46 heavy (non-hydrogen) atoms. The Bertz CT molecular complexity index is 1060. The van der Waals surface area contributed by atoms with Crippen LogP contribution in [0.25, 0.3) is 0 Å².